The van der Waals surface area contributed by atoms with Gasteiger partial charge in [0.05, 0.1) is 32.1 Å². The van der Waals surface area contributed by atoms with Crippen LogP contribution >= 0.6 is 0 Å². The summed E-state index contributed by atoms with van der Waals surface area (Å²) in [5, 5.41) is 5.56. The molecule has 10 nitrogen and oxygen atoms in total. The SMILES string of the molecule is COc1ccc2c(c1)OCCNC(=O)CN(C(=O)c1cn(C)cn1)CCCNC2=O. The van der Waals surface area contributed by atoms with E-state index in [2.05, 4.69) is 15.6 Å². The number of carbonyl (C=O) groups excluding carboxylic acids is 3. The number of ether oxygens (including phenoxy) is 2. The first-order chi connectivity index (χ1) is 14.5. The minimum atomic E-state index is -0.335. The fourth-order valence-electron chi connectivity index (χ4n) is 3.02. The molecule has 1 aromatic carbocycles. The predicted octanol–water partition coefficient (Wildman–Crippen LogP) is 0.200. The van der Waals surface area contributed by atoms with Crippen molar-refractivity contribution in [3.63, 3.8) is 0 Å². The molecule has 0 bridgehead atoms. The maximum atomic E-state index is 12.7. The van der Waals surface area contributed by atoms with Gasteiger partial charge in [-0.15, -0.1) is 0 Å². The fraction of sp³-hybridized carbons (Fsp3) is 0.400. The van der Waals surface area contributed by atoms with Crippen LogP contribution in [0, 0.1) is 0 Å². The van der Waals surface area contributed by atoms with Gasteiger partial charge in [-0.1, -0.05) is 0 Å². The molecule has 1 aliphatic heterocycles. The van der Waals surface area contributed by atoms with Crippen molar-refractivity contribution in [1.29, 1.82) is 0 Å². The fourth-order valence-corrected chi connectivity index (χ4v) is 3.02. The van der Waals surface area contributed by atoms with Gasteiger partial charge in [0, 0.05) is 32.4 Å². The lowest BCUT2D eigenvalue weighted by molar-refractivity contribution is -0.121. The second-order valence-corrected chi connectivity index (χ2v) is 6.82. The molecule has 0 radical (unpaired) electrons. The van der Waals surface area contributed by atoms with E-state index in [1.807, 2.05) is 0 Å². The molecular weight excluding hydrogens is 390 g/mol. The Balaban J connectivity index is 1.73. The molecule has 1 aliphatic rings. The van der Waals surface area contributed by atoms with E-state index in [-0.39, 0.29) is 43.1 Å². The van der Waals surface area contributed by atoms with Gasteiger partial charge < -0.3 is 29.6 Å². The van der Waals surface area contributed by atoms with E-state index in [4.69, 9.17) is 9.47 Å². The smallest absolute Gasteiger partial charge is 0.274 e. The van der Waals surface area contributed by atoms with Gasteiger partial charge in [0.1, 0.15) is 23.8 Å². The second-order valence-electron chi connectivity index (χ2n) is 6.82. The molecule has 10 heteroatoms. The third-order valence-electron chi connectivity index (χ3n) is 4.55. The first kappa shape index (κ1) is 21.2. The summed E-state index contributed by atoms with van der Waals surface area (Å²) in [6.07, 6.45) is 3.61. The van der Waals surface area contributed by atoms with Gasteiger partial charge >= 0.3 is 0 Å². The Labute approximate surface area is 174 Å². The Morgan fingerprint density at radius 3 is 2.80 bits per heavy atom. The molecule has 0 atom stereocenters. The molecule has 30 heavy (non-hydrogen) atoms. The van der Waals surface area contributed by atoms with Crippen LogP contribution in [0.1, 0.15) is 27.3 Å². The minimum Gasteiger partial charge on any atom is -0.497 e. The number of rotatable bonds is 2. The van der Waals surface area contributed by atoms with Gasteiger partial charge in [-0.2, -0.15) is 0 Å². The highest BCUT2D eigenvalue weighted by atomic mass is 16.5. The molecule has 2 aromatic rings. The summed E-state index contributed by atoms with van der Waals surface area (Å²) in [6, 6.07) is 4.95. The number of fused-ring (bicyclic) bond motifs is 1. The molecule has 160 valence electrons. The third kappa shape index (κ3) is 5.28. The zero-order chi connectivity index (χ0) is 21.5. The molecule has 0 saturated heterocycles. The number of hydrogen-bond donors (Lipinski definition) is 2. The van der Waals surface area contributed by atoms with Crippen molar-refractivity contribution in [3.05, 3.63) is 42.0 Å². The van der Waals surface area contributed by atoms with Crippen molar-refractivity contribution in [3.8, 4) is 11.5 Å². The molecule has 0 spiro atoms. The number of aromatic nitrogens is 2. The summed E-state index contributed by atoms with van der Waals surface area (Å²) in [6.45, 7) is 0.914. The highest BCUT2D eigenvalue weighted by molar-refractivity contribution is 5.97. The van der Waals surface area contributed by atoms with Crippen LogP contribution in [0.4, 0.5) is 0 Å². The van der Waals surface area contributed by atoms with Crippen LogP contribution in [0.3, 0.4) is 0 Å². The Morgan fingerprint density at radius 2 is 2.07 bits per heavy atom. The van der Waals surface area contributed by atoms with Gasteiger partial charge in [0.25, 0.3) is 11.8 Å². The molecule has 3 amide bonds. The van der Waals surface area contributed by atoms with E-state index >= 15 is 0 Å². The van der Waals surface area contributed by atoms with Gasteiger partial charge in [-0.05, 0) is 18.6 Å². The second kappa shape index (κ2) is 9.77. The van der Waals surface area contributed by atoms with E-state index in [9.17, 15) is 14.4 Å². The monoisotopic (exact) mass is 415 g/mol. The first-order valence-electron chi connectivity index (χ1n) is 9.61. The van der Waals surface area contributed by atoms with Crippen LogP contribution in [0.15, 0.2) is 30.7 Å². The number of amides is 3. The molecule has 3 rings (SSSR count). The number of imidazole rings is 1. The van der Waals surface area contributed by atoms with Gasteiger partial charge in [0.2, 0.25) is 5.91 Å². The molecule has 0 fully saturated rings. The van der Waals surface area contributed by atoms with Gasteiger partial charge in [0.15, 0.2) is 0 Å². The number of hydrogen-bond acceptors (Lipinski definition) is 6. The summed E-state index contributed by atoms with van der Waals surface area (Å²) in [4.78, 5) is 43.1. The summed E-state index contributed by atoms with van der Waals surface area (Å²) in [5.41, 5.74) is 0.641. The largest absolute Gasteiger partial charge is 0.497 e. The van der Waals surface area contributed by atoms with Crippen LogP contribution in [0.25, 0.3) is 0 Å². The van der Waals surface area contributed by atoms with Crippen LogP contribution in [0.2, 0.25) is 0 Å². The lowest BCUT2D eigenvalue weighted by Crippen LogP contribution is -2.43. The molecule has 0 aliphatic carbocycles. The quantitative estimate of drug-likeness (QED) is 0.724. The number of aryl methyl sites for hydroxylation is 1. The number of nitrogens with one attached hydrogen (secondary N) is 2. The summed E-state index contributed by atoms with van der Waals surface area (Å²) in [5.74, 6) is 0.0320. The molecule has 0 unspecified atom stereocenters. The average molecular weight is 415 g/mol. The van der Waals surface area contributed by atoms with Crippen molar-refractivity contribution in [2.24, 2.45) is 7.05 Å². The van der Waals surface area contributed by atoms with Crippen molar-refractivity contribution in [2.45, 2.75) is 6.42 Å². The van der Waals surface area contributed by atoms with E-state index in [1.165, 1.54) is 18.3 Å². The van der Waals surface area contributed by atoms with E-state index in [0.29, 0.717) is 36.6 Å². The lowest BCUT2D eigenvalue weighted by Gasteiger charge is -2.22. The highest BCUT2D eigenvalue weighted by Gasteiger charge is 2.21. The van der Waals surface area contributed by atoms with E-state index in [1.54, 1.807) is 36.0 Å². The number of benzene rings is 1. The topological polar surface area (TPSA) is 115 Å². The Bertz CT molecular complexity index is 926. The lowest BCUT2D eigenvalue weighted by atomic mass is 10.1. The third-order valence-corrected chi connectivity index (χ3v) is 4.55. The Hall–Kier alpha value is -3.56. The molecule has 2 N–H and O–H groups in total. The molecule has 0 saturated carbocycles. The summed E-state index contributed by atoms with van der Waals surface area (Å²) < 4.78 is 12.5. The number of nitrogens with zero attached hydrogens (tertiary/aromatic N) is 3. The molecular formula is C20H25N5O5. The summed E-state index contributed by atoms with van der Waals surface area (Å²) in [7, 11) is 3.30. The molecule has 1 aromatic heterocycles. The number of methoxy groups -OCH3 is 1. The standard InChI is InChI=1S/C20H25N5O5/c1-24-11-16(23-13-24)20(28)25-8-3-6-22-19(27)15-5-4-14(29-2)10-17(15)30-9-7-21-18(26)12-25/h4-5,10-11,13H,3,6-9,12H2,1-2H3,(H,21,26)(H,22,27). The zero-order valence-electron chi connectivity index (χ0n) is 17.0. The highest BCUT2D eigenvalue weighted by Crippen LogP contribution is 2.25. The van der Waals surface area contributed by atoms with Crippen LogP contribution < -0.4 is 20.1 Å². The van der Waals surface area contributed by atoms with Crippen LogP contribution in [-0.2, 0) is 11.8 Å². The van der Waals surface area contributed by atoms with Crippen molar-refractivity contribution in [2.75, 3.05) is 39.9 Å². The maximum absolute atomic E-state index is 12.7. The Kier molecular flexibility index (Phi) is 6.89. The number of carbonyl (C=O) groups is 3. The molecule has 2 heterocycles. The van der Waals surface area contributed by atoms with Gasteiger partial charge in [-0.25, -0.2) is 4.98 Å². The first-order valence-corrected chi connectivity index (χ1v) is 9.61. The Morgan fingerprint density at radius 1 is 1.23 bits per heavy atom. The van der Waals surface area contributed by atoms with E-state index < -0.39 is 0 Å². The minimum absolute atomic E-state index is 0.103. The summed E-state index contributed by atoms with van der Waals surface area (Å²) >= 11 is 0. The van der Waals surface area contributed by atoms with E-state index in [0.717, 1.165) is 0 Å². The normalized spacial score (nSPS) is 15.9. The van der Waals surface area contributed by atoms with Crippen LogP contribution in [-0.4, -0.2) is 72.1 Å². The predicted molar refractivity (Wildman–Crippen MR) is 108 cm³/mol. The maximum Gasteiger partial charge on any atom is 0.274 e. The van der Waals surface area contributed by atoms with Gasteiger partial charge in [-0.3, -0.25) is 14.4 Å². The van der Waals surface area contributed by atoms with Crippen LogP contribution in [0.5, 0.6) is 11.5 Å². The van der Waals surface area contributed by atoms with Crippen molar-refractivity contribution < 1.29 is 23.9 Å². The average Bonchev–Trinajstić information content (AvgIpc) is 3.18. The zero-order valence-corrected chi connectivity index (χ0v) is 17.0. The van der Waals surface area contributed by atoms with Crippen molar-refractivity contribution in [1.82, 2.24) is 25.1 Å². The van der Waals surface area contributed by atoms with Crippen molar-refractivity contribution >= 4 is 17.7 Å².